The minimum absolute atomic E-state index is 0.475. The Morgan fingerprint density at radius 2 is 1.02 bits per heavy atom. The summed E-state index contributed by atoms with van der Waals surface area (Å²) in [4.78, 5) is 4.12. The average Bonchev–Trinajstić information content (AvgIpc) is 3.50. The van der Waals surface area contributed by atoms with Gasteiger partial charge in [-0.15, -0.1) is 0 Å². The molecule has 0 aliphatic heterocycles. The van der Waals surface area contributed by atoms with E-state index in [1.165, 1.54) is 26.3 Å². The fourth-order valence-corrected chi connectivity index (χ4v) is 12.2. The Balaban J connectivity index is 1.39. The number of nitriles is 1. The number of hydrogen-bond acceptors (Lipinski definition) is 1. The first-order valence-electron chi connectivity index (χ1n) is 16.0. The van der Waals surface area contributed by atoms with Crippen LogP contribution in [0.5, 0.6) is 0 Å². The van der Waals surface area contributed by atoms with Crippen LogP contribution in [0.25, 0.3) is 43.5 Å². The van der Waals surface area contributed by atoms with Crippen LogP contribution in [-0.2, 0) is 0 Å². The number of fused-ring (bicyclic) bond motifs is 3. The van der Waals surface area contributed by atoms with Gasteiger partial charge in [0.2, 0.25) is 0 Å². The Morgan fingerprint density at radius 1 is 0.521 bits per heavy atom. The normalized spacial score (nSPS) is 11.3. The molecule has 3 nitrogen and oxygen atoms in total. The van der Waals surface area contributed by atoms with Crippen molar-refractivity contribution < 1.29 is 0 Å². The maximum atomic E-state index is 10.8. The van der Waals surface area contributed by atoms with Crippen molar-refractivity contribution in [2.75, 3.05) is 0 Å². The van der Waals surface area contributed by atoms with Gasteiger partial charge < -0.3 is 4.57 Å². The molecule has 0 unspecified atom stereocenters. The van der Waals surface area contributed by atoms with Crippen LogP contribution in [0.15, 0.2) is 176 Å². The Morgan fingerprint density at radius 3 is 1.52 bits per heavy atom. The van der Waals surface area contributed by atoms with Gasteiger partial charge in [0, 0.05) is 27.6 Å². The van der Waals surface area contributed by atoms with Gasteiger partial charge in [0.05, 0.1) is 23.7 Å². The second-order valence-corrected chi connectivity index (χ2v) is 15.7. The molecule has 8 aromatic rings. The van der Waals surface area contributed by atoms with E-state index >= 15 is 0 Å². The minimum atomic E-state index is -2.93. The molecule has 0 fully saturated rings. The molecule has 8 rings (SSSR count). The molecule has 4 heteroatoms. The molecule has 0 N–H and O–H groups in total. The molecule has 0 aliphatic carbocycles. The fraction of sp³-hybridized carbons (Fsp3) is 0. The predicted molar refractivity (Wildman–Crippen MR) is 201 cm³/mol. The van der Waals surface area contributed by atoms with Gasteiger partial charge in [0.1, 0.15) is 0 Å². The van der Waals surface area contributed by atoms with E-state index in [9.17, 15) is 5.26 Å². The van der Waals surface area contributed by atoms with E-state index in [2.05, 4.69) is 161 Å². The van der Waals surface area contributed by atoms with Crippen molar-refractivity contribution in [2.24, 2.45) is 0 Å². The summed E-state index contributed by atoms with van der Waals surface area (Å²) in [5.74, 6) is 0. The first-order chi connectivity index (χ1) is 23.7. The lowest BCUT2D eigenvalue weighted by Crippen LogP contribution is -2.74. The van der Waals surface area contributed by atoms with E-state index in [4.69, 9.17) is 6.57 Å². The van der Waals surface area contributed by atoms with Gasteiger partial charge >= 0.3 is 0 Å². The molecule has 0 aliphatic rings. The highest BCUT2D eigenvalue weighted by Gasteiger charge is 2.42. The smallest absolute Gasteiger partial charge is 0.196 e. The van der Waals surface area contributed by atoms with Gasteiger partial charge in [-0.1, -0.05) is 151 Å². The Hall–Kier alpha value is -6.46. The van der Waals surface area contributed by atoms with Crippen LogP contribution in [0.4, 0.5) is 5.69 Å². The third kappa shape index (κ3) is 4.55. The van der Waals surface area contributed by atoms with Gasteiger partial charge in [-0.2, -0.15) is 5.26 Å². The largest absolute Gasteiger partial charge is 0.309 e. The zero-order chi connectivity index (χ0) is 32.5. The number of hydrogen-bond donors (Lipinski definition) is 0. The highest BCUT2D eigenvalue weighted by atomic mass is 28.3. The van der Waals surface area contributed by atoms with Gasteiger partial charge in [-0.3, -0.25) is 0 Å². The summed E-state index contributed by atoms with van der Waals surface area (Å²) < 4.78 is 2.27. The van der Waals surface area contributed by atoms with E-state index in [1.807, 2.05) is 30.3 Å². The van der Waals surface area contributed by atoms with Crippen molar-refractivity contribution in [1.82, 2.24) is 4.57 Å². The lowest BCUT2D eigenvalue weighted by molar-refractivity contribution is 1.18. The standard InChI is InChI=1S/C44H29N3Si/c1-46-41-30-38(48(35-18-5-2-6-19-35,36-20-7-3-8-21-36)37-22-9-4-10-23-37)29-33(31-45)44(41)32-16-15-17-34(28-32)47-42-26-13-11-24-39(42)40-25-12-14-27-43(40)47/h2-30H. The molecule has 0 spiro atoms. The zero-order valence-electron chi connectivity index (χ0n) is 26.1. The van der Waals surface area contributed by atoms with Crippen molar-refractivity contribution in [3.8, 4) is 22.9 Å². The highest BCUT2D eigenvalue weighted by Crippen LogP contribution is 2.37. The molecule has 0 amide bonds. The molecule has 48 heavy (non-hydrogen) atoms. The first-order valence-corrected chi connectivity index (χ1v) is 18.0. The van der Waals surface area contributed by atoms with Gasteiger partial charge in [-0.05, 0) is 51.5 Å². The molecule has 1 aromatic heterocycles. The van der Waals surface area contributed by atoms with Crippen LogP contribution in [0.2, 0.25) is 0 Å². The zero-order valence-corrected chi connectivity index (χ0v) is 27.1. The highest BCUT2D eigenvalue weighted by molar-refractivity contribution is 7.20. The van der Waals surface area contributed by atoms with E-state index in [-0.39, 0.29) is 0 Å². The molecular weight excluding hydrogens is 599 g/mol. The lowest BCUT2D eigenvalue weighted by atomic mass is 9.97. The molecule has 0 saturated heterocycles. The number of benzene rings is 7. The van der Waals surface area contributed by atoms with Crippen molar-refractivity contribution in [1.29, 1.82) is 5.26 Å². The van der Waals surface area contributed by atoms with Crippen molar-refractivity contribution in [2.45, 2.75) is 0 Å². The van der Waals surface area contributed by atoms with Gasteiger partial charge in [0.25, 0.3) is 0 Å². The predicted octanol–water partition coefficient (Wildman–Crippen LogP) is 8.25. The number of para-hydroxylation sites is 2. The second-order valence-electron chi connectivity index (χ2n) is 11.9. The van der Waals surface area contributed by atoms with Crippen LogP contribution in [0.3, 0.4) is 0 Å². The summed E-state index contributed by atoms with van der Waals surface area (Å²) in [6.45, 7) is 8.46. The van der Waals surface area contributed by atoms with Crippen LogP contribution in [0.1, 0.15) is 5.56 Å². The summed E-state index contributed by atoms with van der Waals surface area (Å²) >= 11 is 0. The molecule has 0 saturated carbocycles. The SMILES string of the molecule is [C-]#[N+]c1cc([Si](c2ccccc2)(c2ccccc2)c2ccccc2)cc(C#N)c1-c1cccc(-n2c3ccccc3c3ccccc32)c1. The number of aromatic nitrogens is 1. The van der Waals surface area contributed by atoms with Crippen molar-refractivity contribution >= 4 is 56.3 Å². The summed E-state index contributed by atoms with van der Waals surface area (Å²) in [6, 6.07) is 63.5. The van der Waals surface area contributed by atoms with E-state index < -0.39 is 8.07 Å². The molecule has 0 atom stereocenters. The van der Waals surface area contributed by atoms with Crippen LogP contribution in [0, 0.1) is 17.9 Å². The summed E-state index contributed by atoms with van der Waals surface area (Å²) in [6.07, 6.45) is 0. The maximum absolute atomic E-state index is 10.8. The topological polar surface area (TPSA) is 33.1 Å². The van der Waals surface area contributed by atoms with E-state index in [0.717, 1.165) is 27.5 Å². The molecule has 1 heterocycles. The molecular formula is C44H29N3Si. The van der Waals surface area contributed by atoms with E-state index in [1.54, 1.807) is 0 Å². The third-order valence-electron chi connectivity index (χ3n) is 9.38. The Kier molecular flexibility index (Phi) is 7.27. The summed E-state index contributed by atoms with van der Waals surface area (Å²) in [7, 11) is -2.93. The molecule has 7 aromatic carbocycles. The summed E-state index contributed by atoms with van der Waals surface area (Å²) in [5.41, 5.74) is 5.68. The van der Waals surface area contributed by atoms with Crippen LogP contribution >= 0.6 is 0 Å². The fourth-order valence-electron chi connectivity index (χ4n) is 7.39. The van der Waals surface area contributed by atoms with Crippen molar-refractivity contribution in [3.05, 3.63) is 193 Å². The Bertz CT molecular complexity index is 2340. The molecule has 0 radical (unpaired) electrons. The second kappa shape index (κ2) is 12.0. The quantitative estimate of drug-likeness (QED) is 0.104. The Labute approximate surface area is 281 Å². The van der Waals surface area contributed by atoms with Crippen molar-refractivity contribution in [3.63, 3.8) is 0 Å². The molecule has 0 bridgehead atoms. The van der Waals surface area contributed by atoms with Crippen LogP contribution < -0.4 is 20.7 Å². The minimum Gasteiger partial charge on any atom is -0.309 e. The number of nitrogens with zero attached hydrogens (tertiary/aromatic N) is 3. The number of rotatable bonds is 6. The van der Waals surface area contributed by atoms with Gasteiger partial charge in [-0.25, -0.2) is 4.85 Å². The van der Waals surface area contributed by atoms with Gasteiger partial charge in [0.15, 0.2) is 13.8 Å². The van der Waals surface area contributed by atoms with Crippen LogP contribution in [-0.4, -0.2) is 12.6 Å². The summed E-state index contributed by atoms with van der Waals surface area (Å²) in [5, 5.41) is 17.8. The first kappa shape index (κ1) is 29.0. The van der Waals surface area contributed by atoms with E-state index in [0.29, 0.717) is 16.8 Å². The third-order valence-corrected chi connectivity index (χ3v) is 14.1. The lowest BCUT2D eigenvalue weighted by Gasteiger charge is -2.35. The maximum Gasteiger partial charge on any atom is 0.196 e. The monoisotopic (exact) mass is 627 g/mol. The molecule has 224 valence electrons. The average molecular weight is 628 g/mol.